The smallest absolute Gasteiger partial charge is 0.00431 e. The van der Waals surface area contributed by atoms with Crippen LogP contribution < -0.4 is 5.32 Å². The summed E-state index contributed by atoms with van der Waals surface area (Å²) in [7, 11) is 0. The number of aryl methyl sites for hydroxylation is 2. The van der Waals surface area contributed by atoms with Crippen LogP contribution in [0.2, 0.25) is 0 Å². The average molecular weight is 302 g/mol. The van der Waals surface area contributed by atoms with E-state index in [4.69, 9.17) is 0 Å². The van der Waals surface area contributed by atoms with Crippen molar-refractivity contribution in [2.45, 2.75) is 32.6 Å². The van der Waals surface area contributed by atoms with Gasteiger partial charge in [0.25, 0.3) is 0 Å². The molecule has 21 heavy (non-hydrogen) atoms. The molecule has 1 fully saturated rings. The first-order valence-corrected chi connectivity index (χ1v) is 7.62. The van der Waals surface area contributed by atoms with Crippen molar-refractivity contribution in [3.8, 4) is 11.1 Å². The molecular weight excluding hydrogens is 278 g/mol. The van der Waals surface area contributed by atoms with Crippen LogP contribution in [0.15, 0.2) is 42.5 Å². The van der Waals surface area contributed by atoms with Gasteiger partial charge in [-0.1, -0.05) is 48.0 Å². The van der Waals surface area contributed by atoms with Crippen molar-refractivity contribution in [3.63, 3.8) is 0 Å². The maximum Gasteiger partial charge on any atom is -0.00431 e. The van der Waals surface area contributed by atoms with Gasteiger partial charge in [-0.25, -0.2) is 0 Å². The molecule has 2 aromatic carbocycles. The van der Waals surface area contributed by atoms with Gasteiger partial charge in [0.05, 0.1) is 0 Å². The summed E-state index contributed by atoms with van der Waals surface area (Å²) in [5.74, 6) is 0.739. The average Bonchev–Trinajstić information content (AvgIpc) is 2.49. The van der Waals surface area contributed by atoms with Gasteiger partial charge in [-0.3, -0.25) is 0 Å². The molecule has 0 saturated carbocycles. The Kier molecular flexibility index (Phi) is 5.44. The lowest BCUT2D eigenvalue weighted by Crippen LogP contribution is -2.26. The quantitative estimate of drug-likeness (QED) is 0.835. The third kappa shape index (κ3) is 3.66. The first-order valence-electron chi connectivity index (χ1n) is 7.62. The summed E-state index contributed by atoms with van der Waals surface area (Å²) in [6, 6.07) is 15.8. The summed E-state index contributed by atoms with van der Waals surface area (Å²) in [4.78, 5) is 0. The molecule has 2 heteroatoms. The molecule has 2 aromatic rings. The molecule has 1 heterocycles. The molecule has 0 atom stereocenters. The van der Waals surface area contributed by atoms with Crippen molar-refractivity contribution < 1.29 is 0 Å². The SMILES string of the molecule is Cc1ccc(-c2ccc(C3CCNCC3)c(C)c2)cc1.Cl. The van der Waals surface area contributed by atoms with Crippen LogP contribution >= 0.6 is 12.4 Å². The molecule has 0 amide bonds. The van der Waals surface area contributed by atoms with Gasteiger partial charge in [-0.2, -0.15) is 0 Å². The molecule has 3 rings (SSSR count). The van der Waals surface area contributed by atoms with E-state index >= 15 is 0 Å². The lowest BCUT2D eigenvalue weighted by atomic mass is 9.86. The molecule has 112 valence electrons. The van der Waals surface area contributed by atoms with Crippen molar-refractivity contribution in [2.75, 3.05) is 13.1 Å². The van der Waals surface area contributed by atoms with Crippen LogP contribution in [0.3, 0.4) is 0 Å². The number of halogens is 1. The first-order chi connectivity index (χ1) is 9.74. The number of rotatable bonds is 2. The van der Waals surface area contributed by atoms with Crippen molar-refractivity contribution in [1.29, 1.82) is 0 Å². The van der Waals surface area contributed by atoms with E-state index in [1.54, 1.807) is 5.56 Å². The number of nitrogens with one attached hydrogen (secondary N) is 1. The van der Waals surface area contributed by atoms with Crippen molar-refractivity contribution >= 4 is 12.4 Å². The maximum absolute atomic E-state index is 3.45. The lowest BCUT2D eigenvalue weighted by molar-refractivity contribution is 0.459. The summed E-state index contributed by atoms with van der Waals surface area (Å²) < 4.78 is 0. The van der Waals surface area contributed by atoms with Crippen LogP contribution in [0.25, 0.3) is 11.1 Å². The second-order valence-corrected chi connectivity index (χ2v) is 5.96. The second-order valence-electron chi connectivity index (χ2n) is 5.96. The van der Waals surface area contributed by atoms with Crippen molar-refractivity contribution in [1.82, 2.24) is 5.32 Å². The Morgan fingerprint density at radius 1 is 0.857 bits per heavy atom. The zero-order valence-electron chi connectivity index (χ0n) is 12.9. The third-order valence-electron chi connectivity index (χ3n) is 4.43. The fourth-order valence-electron chi connectivity index (χ4n) is 3.19. The molecule has 0 radical (unpaired) electrons. The summed E-state index contributed by atoms with van der Waals surface area (Å²) in [5.41, 5.74) is 6.95. The lowest BCUT2D eigenvalue weighted by Gasteiger charge is -2.24. The van der Waals surface area contributed by atoms with E-state index < -0.39 is 0 Å². The molecule has 0 bridgehead atoms. The molecule has 1 nitrogen and oxygen atoms in total. The highest BCUT2D eigenvalue weighted by atomic mass is 35.5. The summed E-state index contributed by atoms with van der Waals surface area (Å²) >= 11 is 0. The standard InChI is InChI=1S/C19H23N.ClH/c1-14-3-5-16(6-4-14)18-7-8-19(15(2)13-18)17-9-11-20-12-10-17;/h3-8,13,17,20H,9-12H2,1-2H3;1H. The van der Waals surface area contributed by atoms with E-state index in [2.05, 4.69) is 61.6 Å². The Morgan fingerprint density at radius 2 is 1.48 bits per heavy atom. The van der Waals surface area contributed by atoms with E-state index in [0.717, 1.165) is 19.0 Å². The van der Waals surface area contributed by atoms with Crippen LogP contribution in [0, 0.1) is 13.8 Å². The summed E-state index contributed by atoms with van der Waals surface area (Å²) in [6.45, 7) is 6.71. The zero-order valence-corrected chi connectivity index (χ0v) is 13.7. The van der Waals surface area contributed by atoms with Crippen LogP contribution in [0.1, 0.15) is 35.4 Å². The topological polar surface area (TPSA) is 12.0 Å². The van der Waals surface area contributed by atoms with Gasteiger partial charge in [-0.15, -0.1) is 12.4 Å². The van der Waals surface area contributed by atoms with Gasteiger partial charge in [0.15, 0.2) is 0 Å². The molecule has 0 unspecified atom stereocenters. The second kappa shape index (κ2) is 7.11. The predicted molar refractivity (Wildman–Crippen MR) is 93.4 cm³/mol. The van der Waals surface area contributed by atoms with E-state index in [0.29, 0.717) is 0 Å². The van der Waals surface area contributed by atoms with Crippen LogP contribution in [-0.4, -0.2) is 13.1 Å². The number of piperidine rings is 1. The minimum Gasteiger partial charge on any atom is -0.317 e. The Balaban J connectivity index is 0.00000161. The molecule has 0 aromatic heterocycles. The highest BCUT2D eigenvalue weighted by molar-refractivity contribution is 5.85. The van der Waals surface area contributed by atoms with E-state index in [-0.39, 0.29) is 12.4 Å². The highest BCUT2D eigenvalue weighted by Crippen LogP contribution is 2.31. The maximum atomic E-state index is 3.45. The first kappa shape index (κ1) is 16.1. The van der Waals surface area contributed by atoms with Gasteiger partial charge in [0.2, 0.25) is 0 Å². The van der Waals surface area contributed by atoms with Gasteiger partial charge in [0, 0.05) is 0 Å². The molecule has 1 aliphatic rings. The minimum atomic E-state index is 0. The zero-order chi connectivity index (χ0) is 13.9. The Hall–Kier alpha value is -1.31. The summed E-state index contributed by atoms with van der Waals surface area (Å²) in [6.07, 6.45) is 2.54. The third-order valence-corrected chi connectivity index (χ3v) is 4.43. The Labute approximate surface area is 134 Å². The number of hydrogen-bond acceptors (Lipinski definition) is 1. The molecule has 0 spiro atoms. The fourth-order valence-corrected chi connectivity index (χ4v) is 3.19. The number of benzene rings is 2. The molecule has 1 aliphatic heterocycles. The highest BCUT2D eigenvalue weighted by Gasteiger charge is 2.17. The van der Waals surface area contributed by atoms with Crippen molar-refractivity contribution in [3.05, 3.63) is 59.2 Å². The van der Waals surface area contributed by atoms with Gasteiger partial charge in [-0.05, 0) is 68.0 Å². The molecular formula is C19H24ClN. The van der Waals surface area contributed by atoms with Gasteiger partial charge in [0.1, 0.15) is 0 Å². The summed E-state index contributed by atoms with van der Waals surface area (Å²) in [5, 5.41) is 3.45. The monoisotopic (exact) mass is 301 g/mol. The van der Waals surface area contributed by atoms with E-state index in [1.165, 1.54) is 35.1 Å². The molecule has 1 N–H and O–H groups in total. The number of hydrogen-bond donors (Lipinski definition) is 1. The minimum absolute atomic E-state index is 0. The van der Waals surface area contributed by atoms with Crippen LogP contribution in [-0.2, 0) is 0 Å². The molecule has 1 saturated heterocycles. The fraction of sp³-hybridized carbons (Fsp3) is 0.368. The molecule has 0 aliphatic carbocycles. The predicted octanol–water partition coefficient (Wildman–Crippen LogP) is 4.86. The van der Waals surface area contributed by atoms with Gasteiger partial charge < -0.3 is 5.32 Å². The van der Waals surface area contributed by atoms with Crippen LogP contribution in [0.5, 0.6) is 0 Å². The van der Waals surface area contributed by atoms with Crippen molar-refractivity contribution in [2.24, 2.45) is 0 Å². The Morgan fingerprint density at radius 3 is 2.10 bits per heavy atom. The normalized spacial score (nSPS) is 15.5. The van der Waals surface area contributed by atoms with E-state index in [9.17, 15) is 0 Å². The largest absolute Gasteiger partial charge is 0.317 e. The Bertz CT molecular complexity index is 583. The van der Waals surface area contributed by atoms with E-state index in [1.807, 2.05) is 0 Å². The van der Waals surface area contributed by atoms with Gasteiger partial charge >= 0.3 is 0 Å². The van der Waals surface area contributed by atoms with Crippen LogP contribution in [0.4, 0.5) is 0 Å².